The lowest BCUT2D eigenvalue weighted by atomic mass is 10.1. The van der Waals surface area contributed by atoms with Gasteiger partial charge >= 0.3 is 5.97 Å². The molecule has 0 aromatic rings. The molecule has 0 atom stereocenters. The number of rotatable bonds is 5. The van der Waals surface area contributed by atoms with Gasteiger partial charge in [-0.3, -0.25) is 14.9 Å². The molecule has 0 radical (unpaired) electrons. The molecule has 0 unspecified atom stereocenters. The monoisotopic (exact) mass is 198 g/mol. The number of carboxylic acids is 1. The normalized spacial score (nSPS) is 10.4. The van der Waals surface area contributed by atoms with Crippen LogP contribution in [-0.4, -0.2) is 35.6 Å². The summed E-state index contributed by atoms with van der Waals surface area (Å²) in [7, 11) is 0. The zero-order chi connectivity index (χ0) is 11.2. The van der Waals surface area contributed by atoms with Crippen LogP contribution >= 0.6 is 0 Å². The maximum Gasteiger partial charge on any atom is 0.323 e. The second kappa shape index (κ2) is 5.25. The SMILES string of the molecule is C#CCNC(=O)CNC(C)(C)C(=O)O. The number of hydrogen-bond acceptors (Lipinski definition) is 3. The number of terminal acetylenes is 1. The summed E-state index contributed by atoms with van der Waals surface area (Å²) in [5, 5.41) is 13.7. The molecule has 3 N–H and O–H groups in total. The molecule has 0 saturated carbocycles. The molecule has 0 aliphatic rings. The van der Waals surface area contributed by atoms with E-state index in [1.807, 2.05) is 0 Å². The van der Waals surface area contributed by atoms with Crippen LogP contribution in [0.4, 0.5) is 0 Å². The fourth-order valence-electron chi connectivity index (χ4n) is 0.589. The number of carboxylic acid groups (broad SMARTS) is 1. The van der Waals surface area contributed by atoms with E-state index < -0.39 is 11.5 Å². The van der Waals surface area contributed by atoms with Crippen molar-refractivity contribution in [1.29, 1.82) is 0 Å². The molecule has 0 aliphatic carbocycles. The van der Waals surface area contributed by atoms with E-state index in [2.05, 4.69) is 16.6 Å². The van der Waals surface area contributed by atoms with Crippen LogP contribution in [-0.2, 0) is 9.59 Å². The van der Waals surface area contributed by atoms with Gasteiger partial charge in [-0.1, -0.05) is 5.92 Å². The van der Waals surface area contributed by atoms with Crippen LogP contribution in [0.25, 0.3) is 0 Å². The standard InChI is InChI=1S/C9H14N2O3/c1-4-5-10-7(12)6-11-9(2,3)8(13)14/h1,11H,5-6H2,2-3H3,(H,10,12)(H,13,14). The van der Waals surface area contributed by atoms with E-state index in [0.29, 0.717) is 0 Å². The zero-order valence-corrected chi connectivity index (χ0v) is 8.26. The van der Waals surface area contributed by atoms with Gasteiger partial charge in [-0.15, -0.1) is 6.42 Å². The Bertz CT molecular complexity index is 266. The molecule has 1 amide bonds. The first-order valence-electron chi connectivity index (χ1n) is 4.08. The Kier molecular flexibility index (Phi) is 4.67. The summed E-state index contributed by atoms with van der Waals surface area (Å²) in [5.41, 5.74) is -1.12. The van der Waals surface area contributed by atoms with E-state index in [4.69, 9.17) is 11.5 Å². The quantitative estimate of drug-likeness (QED) is 0.505. The highest BCUT2D eigenvalue weighted by molar-refractivity contribution is 5.81. The molecule has 5 heteroatoms. The first-order chi connectivity index (χ1) is 6.40. The Morgan fingerprint density at radius 2 is 2.07 bits per heavy atom. The van der Waals surface area contributed by atoms with Crippen molar-refractivity contribution < 1.29 is 14.7 Å². The van der Waals surface area contributed by atoms with Gasteiger partial charge in [-0.25, -0.2) is 0 Å². The van der Waals surface area contributed by atoms with Gasteiger partial charge in [0.2, 0.25) is 5.91 Å². The molecular formula is C9H14N2O3. The van der Waals surface area contributed by atoms with Crippen LogP contribution in [0.15, 0.2) is 0 Å². The van der Waals surface area contributed by atoms with E-state index >= 15 is 0 Å². The van der Waals surface area contributed by atoms with Gasteiger partial charge in [0, 0.05) is 0 Å². The van der Waals surface area contributed by atoms with E-state index in [-0.39, 0.29) is 19.0 Å². The third kappa shape index (κ3) is 4.48. The average molecular weight is 198 g/mol. The molecule has 0 spiro atoms. The molecule has 0 aromatic heterocycles. The Morgan fingerprint density at radius 3 is 2.50 bits per heavy atom. The van der Waals surface area contributed by atoms with Crippen molar-refractivity contribution in [2.75, 3.05) is 13.1 Å². The van der Waals surface area contributed by atoms with Crippen LogP contribution in [0.3, 0.4) is 0 Å². The molecular weight excluding hydrogens is 184 g/mol. The molecule has 0 heterocycles. The van der Waals surface area contributed by atoms with Crippen LogP contribution in [0.5, 0.6) is 0 Å². The second-order valence-corrected chi connectivity index (χ2v) is 3.26. The van der Waals surface area contributed by atoms with E-state index in [1.165, 1.54) is 13.8 Å². The summed E-state index contributed by atoms with van der Waals surface area (Å²) in [4.78, 5) is 21.6. The van der Waals surface area contributed by atoms with Crippen molar-refractivity contribution >= 4 is 11.9 Å². The summed E-state index contributed by atoms with van der Waals surface area (Å²) in [6, 6.07) is 0. The highest BCUT2D eigenvalue weighted by Gasteiger charge is 2.26. The van der Waals surface area contributed by atoms with Crippen molar-refractivity contribution in [3.8, 4) is 12.3 Å². The molecule has 5 nitrogen and oxygen atoms in total. The van der Waals surface area contributed by atoms with Gasteiger partial charge in [0.05, 0.1) is 13.1 Å². The average Bonchev–Trinajstić information content (AvgIpc) is 2.11. The Labute approximate surface area is 82.9 Å². The molecule has 0 saturated heterocycles. The maximum absolute atomic E-state index is 11.0. The lowest BCUT2D eigenvalue weighted by molar-refractivity contribution is -0.143. The Hall–Kier alpha value is -1.54. The minimum atomic E-state index is -1.12. The number of hydrogen-bond donors (Lipinski definition) is 3. The fourth-order valence-corrected chi connectivity index (χ4v) is 0.589. The van der Waals surface area contributed by atoms with Gasteiger partial charge in [0.1, 0.15) is 5.54 Å². The minimum Gasteiger partial charge on any atom is -0.480 e. The van der Waals surface area contributed by atoms with Crippen molar-refractivity contribution in [3.63, 3.8) is 0 Å². The topological polar surface area (TPSA) is 78.4 Å². The predicted octanol–water partition coefficient (Wildman–Crippen LogP) is -0.811. The molecule has 0 aliphatic heterocycles. The van der Waals surface area contributed by atoms with Crippen LogP contribution in [0, 0.1) is 12.3 Å². The molecule has 0 bridgehead atoms. The fraction of sp³-hybridized carbons (Fsp3) is 0.556. The van der Waals surface area contributed by atoms with Crippen LogP contribution in [0.2, 0.25) is 0 Å². The molecule has 0 fully saturated rings. The molecule has 0 aromatic carbocycles. The highest BCUT2D eigenvalue weighted by atomic mass is 16.4. The third-order valence-corrected chi connectivity index (χ3v) is 1.61. The number of carbonyl (C=O) groups excluding carboxylic acids is 1. The van der Waals surface area contributed by atoms with Gasteiger partial charge < -0.3 is 10.4 Å². The van der Waals surface area contributed by atoms with E-state index in [9.17, 15) is 9.59 Å². The molecule has 14 heavy (non-hydrogen) atoms. The van der Waals surface area contributed by atoms with Crippen molar-refractivity contribution in [1.82, 2.24) is 10.6 Å². The summed E-state index contributed by atoms with van der Waals surface area (Å²) < 4.78 is 0. The summed E-state index contributed by atoms with van der Waals surface area (Å²) in [6.07, 6.45) is 4.93. The minimum absolute atomic E-state index is 0.0685. The largest absolute Gasteiger partial charge is 0.480 e. The zero-order valence-electron chi connectivity index (χ0n) is 8.26. The summed E-state index contributed by atoms with van der Waals surface area (Å²) >= 11 is 0. The van der Waals surface area contributed by atoms with Crippen molar-refractivity contribution in [3.05, 3.63) is 0 Å². The third-order valence-electron chi connectivity index (χ3n) is 1.61. The Morgan fingerprint density at radius 1 is 1.50 bits per heavy atom. The van der Waals surface area contributed by atoms with Gasteiger partial charge in [0.15, 0.2) is 0 Å². The van der Waals surface area contributed by atoms with Crippen LogP contribution in [0.1, 0.15) is 13.8 Å². The molecule has 78 valence electrons. The lowest BCUT2D eigenvalue weighted by Crippen LogP contribution is -2.50. The predicted molar refractivity (Wildman–Crippen MR) is 51.6 cm³/mol. The van der Waals surface area contributed by atoms with Crippen LogP contribution < -0.4 is 10.6 Å². The molecule has 0 rings (SSSR count). The number of carbonyl (C=O) groups is 2. The number of nitrogens with one attached hydrogen (secondary N) is 2. The smallest absolute Gasteiger partial charge is 0.323 e. The lowest BCUT2D eigenvalue weighted by Gasteiger charge is -2.20. The first kappa shape index (κ1) is 12.5. The van der Waals surface area contributed by atoms with E-state index in [1.54, 1.807) is 0 Å². The highest BCUT2D eigenvalue weighted by Crippen LogP contribution is 2.00. The van der Waals surface area contributed by atoms with Gasteiger partial charge in [-0.05, 0) is 13.8 Å². The first-order valence-corrected chi connectivity index (χ1v) is 4.08. The second-order valence-electron chi connectivity index (χ2n) is 3.26. The number of aliphatic carboxylic acids is 1. The number of amides is 1. The van der Waals surface area contributed by atoms with E-state index in [0.717, 1.165) is 0 Å². The van der Waals surface area contributed by atoms with Crippen molar-refractivity contribution in [2.24, 2.45) is 0 Å². The van der Waals surface area contributed by atoms with Crippen molar-refractivity contribution in [2.45, 2.75) is 19.4 Å². The maximum atomic E-state index is 11.0. The summed E-state index contributed by atoms with van der Waals surface area (Å²) in [5.74, 6) is 0.909. The summed E-state index contributed by atoms with van der Waals surface area (Å²) in [6.45, 7) is 3.03. The Balaban J connectivity index is 3.89. The van der Waals surface area contributed by atoms with Gasteiger partial charge in [-0.2, -0.15) is 0 Å². The van der Waals surface area contributed by atoms with Gasteiger partial charge in [0.25, 0.3) is 0 Å².